The Morgan fingerprint density at radius 1 is 1.00 bits per heavy atom. The van der Waals surface area contributed by atoms with Crippen molar-refractivity contribution in [3.63, 3.8) is 0 Å². The molecule has 0 aliphatic carbocycles. The van der Waals surface area contributed by atoms with Crippen LogP contribution in [0.25, 0.3) is 0 Å². The van der Waals surface area contributed by atoms with E-state index in [1.54, 1.807) is 0 Å². The summed E-state index contributed by atoms with van der Waals surface area (Å²) in [4.78, 5) is 24.2. The zero-order chi connectivity index (χ0) is 9.33. The molecule has 12 heavy (non-hydrogen) atoms. The minimum absolute atomic E-state index is 0. The number of hydrogen-bond acceptors (Lipinski definition) is 3. The van der Waals surface area contributed by atoms with Crippen LogP contribution in [-0.2, 0) is 15.0 Å². The molecule has 0 heterocycles. The Morgan fingerprint density at radius 3 is 1.25 bits per heavy atom. The average molecular weight is 270 g/mol. The van der Waals surface area contributed by atoms with Gasteiger partial charge in [-0.3, -0.25) is 0 Å². The smallest absolute Gasteiger partial charge is 0.147 e. The second kappa shape index (κ2) is 12.1. The molecular weight excluding hydrogens is 250 g/mol. The van der Waals surface area contributed by atoms with E-state index in [1.165, 1.54) is 17.6 Å². The van der Waals surface area contributed by atoms with Crippen LogP contribution in [0.3, 0.4) is 0 Å². The van der Waals surface area contributed by atoms with E-state index in [1.807, 2.05) is 15.0 Å². The molecule has 0 rings (SSSR count). The predicted octanol–water partition coefficient (Wildman–Crippen LogP) is 1.85. The number of hydrogen-bond donors (Lipinski definition) is 3. The molecule has 0 aliphatic heterocycles. The molecule has 0 radical (unpaired) electrons. The van der Waals surface area contributed by atoms with Gasteiger partial charge in [0.15, 0.2) is 0 Å². The van der Waals surface area contributed by atoms with Gasteiger partial charge >= 0.3 is 75.2 Å². The van der Waals surface area contributed by atoms with Crippen molar-refractivity contribution < 1.29 is 29.6 Å². The Bertz CT molecular complexity index is 77.7. The maximum absolute atomic E-state index is 8.08. The van der Waals surface area contributed by atoms with Gasteiger partial charge in [-0.25, -0.2) is 0 Å². The van der Waals surface area contributed by atoms with E-state index in [4.69, 9.17) is 14.7 Å². The van der Waals surface area contributed by atoms with Crippen LogP contribution in [0.5, 0.6) is 0 Å². The third-order valence-corrected chi connectivity index (χ3v) is 2.67. The van der Waals surface area contributed by atoms with Gasteiger partial charge in [0.2, 0.25) is 0 Å². The van der Waals surface area contributed by atoms with Crippen LogP contribution in [0.2, 0.25) is 10.6 Å². The fourth-order valence-corrected chi connectivity index (χ4v) is 0.622. The van der Waals surface area contributed by atoms with Crippen LogP contribution in [0, 0.1) is 0 Å². The van der Waals surface area contributed by atoms with Gasteiger partial charge in [-0.05, 0) is 0 Å². The van der Waals surface area contributed by atoms with E-state index in [0.717, 1.165) is 0 Å². The standard InChI is InChI=1S/C2H9O3P.2C2H5.ClH.Cu/c1-2-6(3,4)5;2*1-2;;/h3-6H,2H2,1H3;2*1H2,2H3;1H;. The minimum Gasteiger partial charge on any atom is -0.147 e. The van der Waals surface area contributed by atoms with Crippen molar-refractivity contribution in [3.8, 4) is 0 Å². The van der Waals surface area contributed by atoms with E-state index in [9.17, 15) is 0 Å². The Morgan fingerprint density at radius 2 is 1.25 bits per heavy atom. The van der Waals surface area contributed by atoms with Crippen LogP contribution < -0.4 is 0 Å². The average Bonchev–Trinajstić information content (AvgIpc) is 1.90. The molecule has 0 amide bonds. The van der Waals surface area contributed by atoms with E-state index in [-0.39, 0.29) is 18.6 Å². The van der Waals surface area contributed by atoms with Crippen molar-refractivity contribution in [2.45, 2.75) is 31.4 Å². The Kier molecular flexibility index (Phi) is 19.0. The van der Waals surface area contributed by atoms with Gasteiger partial charge in [0, 0.05) is 0 Å². The molecule has 0 unspecified atom stereocenters. The predicted molar refractivity (Wildman–Crippen MR) is 53.7 cm³/mol. The molecule has 0 aromatic heterocycles. The van der Waals surface area contributed by atoms with Crippen LogP contribution in [-0.4, -0.2) is 20.8 Å². The van der Waals surface area contributed by atoms with Gasteiger partial charge in [-0.15, -0.1) is 12.4 Å². The molecule has 6 heteroatoms. The molecule has 0 aromatic carbocycles. The molecule has 0 aromatic rings. The van der Waals surface area contributed by atoms with Crippen molar-refractivity contribution in [2.24, 2.45) is 0 Å². The van der Waals surface area contributed by atoms with Gasteiger partial charge in [-0.1, -0.05) is 0 Å². The summed E-state index contributed by atoms with van der Waals surface area (Å²) in [6, 6.07) is 0. The molecule has 0 saturated carbocycles. The number of rotatable bonds is 3. The zero-order valence-corrected chi connectivity index (χ0v) is 10.4. The first-order valence-corrected chi connectivity index (χ1v) is 6.95. The molecule has 0 saturated heterocycles. The van der Waals surface area contributed by atoms with E-state index >= 15 is 0 Å². The Labute approximate surface area is 87.7 Å². The van der Waals surface area contributed by atoms with Crippen molar-refractivity contribution >= 4 is 20.4 Å². The van der Waals surface area contributed by atoms with Gasteiger partial charge in [0.1, 0.15) is 0 Å². The summed E-state index contributed by atoms with van der Waals surface area (Å²) in [5, 5.41) is 2.50. The Balaban J connectivity index is -0.000000126. The SMILES string of the molecule is CC[PH](O)(O)O.C[CH2][Cu][CH2]C.Cl. The molecule has 0 aliphatic rings. The van der Waals surface area contributed by atoms with Crippen molar-refractivity contribution in [2.75, 3.05) is 6.16 Å². The normalized spacial score (nSPS) is 11.2. The summed E-state index contributed by atoms with van der Waals surface area (Å²) >= 11 is 2.03. The Hall–Kier alpha value is 1.12. The number of halogens is 1. The van der Waals surface area contributed by atoms with E-state index in [2.05, 4.69) is 13.8 Å². The maximum Gasteiger partial charge on any atom is -0.147 e. The largest absolute Gasteiger partial charge is 0.147 e. The van der Waals surface area contributed by atoms with Crippen LogP contribution in [0.1, 0.15) is 20.8 Å². The quantitative estimate of drug-likeness (QED) is 0.541. The minimum atomic E-state index is -3.63. The van der Waals surface area contributed by atoms with Crippen molar-refractivity contribution in [3.05, 3.63) is 0 Å². The third kappa shape index (κ3) is 30.4. The van der Waals surface area contributed by atoms with Crippen molar-refractivity contribution in [1.82, 2.24) is 0 Å². The molecule has 0 bridgehead atoms. The topological polar surface area (TPSA) is 60.7 Å². The fraction of sp³-hybridized carbons (Fsp3) is 1.00. The van der Waals surface area contributed by atoms with E-state index in [0.29, 0.717) is 0 Å². The van der Waals surface area contributed by atoms with Crippen LogP contribution in [0.15, 0.2) is 0 Å². The second-order valence-corrected chi connectivity index (χ2v) is 5.76. The van der Waals surface area contributed by atoms with Gasteiger partial charge in [0.05, 0.1) is 0 Å². The molecule has 0 atom stereocenters. The summed E-state index contributed by atoms with van der Waals surface area (Å²) in [6.45, 7) is 5.86. The van der Waals surface area contributed by atoms with Crippen molar-refractivity contribution in [1.29, 1.82) is 0 Å². The van der Waals surface area contributed by atoms with Crippen LogP contribution in [0.4, 0.5) is 0 Å². The molecule has 85 valence electrons. The summed E-state index contributed by atoms with van der Waals surface area (Å²) in [7, 11) is -3.63. The monoisotopic (exact) mass is 269 g/mol. The molecule has 3 nitrogen and oxygen atoms in total. The van der Waals surface area contributed by atoms with E-state index < -0.39 is 7.94 Å². The zero-order valence-electron chi connectivity index (χ0n) is 7.67. The maximum atomic E-state index is 8.08. The second-order valence-electron chi connectivity index (χ2n) is 1.71. The fourth-order valence-electron chi connectivity index (χ4n) is 0.151. The van der Waals surface area contributed by atoms with Gasteiger partial charge in [0.25, 0.3) is 0 Å². The first-order chi connectivity index (χ1) is 4.97. The molecule has 0 fully saturated rings. The third-order valence-electron chi connectivity index (χ3n) is 0.776. The first-order valence-electron chi connectivity index (χ1n) is 3.57. The van der Waals surface area contributed by atoms with Crippen LogP contribution >= 0.6 is 20.4 Å². The first kappa shape index (κ1) is 18.8. The molecule has 0 spiro atoms. The summed E-state index contributed by atoms with van der Waals surface area (Å²) in [5.74, 6) is 0. The summed E-state index contributed by atoms with van der Waals surface area (Å²) in [5.41, 5.74) is 0. The molecule has 3 N–H and O–H groups in total. The molecular formula is C6H20ClCuO3P. The summed E-state index contributed by atoms with van der Waals surface area (Å²) in [6.07, 6.45) is 0.0764. The van der Waals surface area contributed by atoms with Gasteiger partial charge in [-0.2, -0.15) is 0 Å². The summed E-state index contributed by atoms with van der Waals surface area (Å²) < 4.78 is 0. The van der Waals surface area contributed by atoms with Gasteiger partial charge < -0.3 is 0 Å².